The van der Waals surface area contributed by atoms with Gasteiger partial charge in [-0.25, -0.2) is 0 Å². The third-order valence-corrected chi connectivity index (χ3v) is 12.7. The molecule has 1 N–H and O–H groups in total. The molecule has 0 saturated carbocycles. The Hall–Kier alpha value is -2.64. The number of esters is 3. The van der Waals surface area contributed by atoms with Crippen molar-refractivity contribution in [3.05, 3.63) is 24.3 Å². The summed E-state index contributed by atoms with van der Waals surface area (Å²) < 4.78 is 16.3. The fraction of sp³-hybridized carbons (Fsp3) is 0.830. The molecule has 1 unspecified atom stereocenters. The van der Waals surface area contributed by atoms with Gasteiger partial charge in [0.2, 0.25) is 0 Å². The second kappa shape index (κ2) is 27.9. The zero-order chi connectivity index (χ0) is 42.0. The Kier molecular flexibility index (Phi) is 26.5. The molecular weight excluding hydrogens is 693 g/mol. The van der Waals surface area contributed by atoms with Gasteiger partial charge in [-0.1, -0.05) is 152 Å². The van der Waals surface area contributed by atoms with Gasteiger partial charge in [0.25, 0.3) is 0 Å². The summed E-state index contributed by atoms with van der Waals surface area (Å²) in [5, 5.41) is 9.03. The van der Waals surface area contributed by atoms with E-state index in [1.165, 1.54) is 0 Å². The van der Waals surface area contributed by atoms with Crippen molar-refractivity contribution >= 4 is 23.9 Å². The minimum atomic E-state index is -0.995. The molecule has 320 valence electrons. The van der Waals surface area contributed by atoms with E-state index in [4.69, 9.17) is 19.3 Å². The Balaban J connectivity index is 4.51. The van der Waals surface area contributed by atoms with Crippen LogP contribution >= 0.6 is 0 Å². The number of carbonyl (C=O) groups is 4. The highest BCUT2D eigenvalue weighted by molar-refractivity contribution is 5.72. The van der Waals surface area contributed by atoms with Gasteiger partial charge in [-0.15, -0.1) is 0 Å². The highest BCUT2D eigenvalue weighted by Crippen LogP contribution is 2.44. The quantitative estimate of drug-likeness (QED) is 0.0303. The molecule has 0 spiro atoms. The number of unbranched alkanes of at least 4 members (excludes halogenated alkanes) is 10. The number of hydrogen-bond acceptors (Lipinski definition) is 7. The van der Waals surface area contributed by atoms with E-state index in [-0.39, 0.29) is 61.7 Å². The second-order valence-electron chi connectivity index (χ2n) is 18.6. The molecule has 0 rings (SSSR count). The predicted molar refractivity (Wildman–Crippen MR) is 226 cm³/mol. The Morgan fingerprint density at radius 1 is 0.527 bits per heavy atom. The molecule has 0 aliphatic heterocycles. The molecule has 0 bridgehead atoms. The summed E-state index contributed by atoms with van der Waals surface area (Å²) in [5.41, 5.74) is 1.14. The Labute approximate surface area is 337 Å². The molecule has 0 saturated heterocycles. The highest BCUT2D eigenvalue weighted by atomic mass is 16.6. The minimum Gasteiger partial charge on any atom is -0.481 e. The van der Waals surface area contributed by atoms with Crippen molar-refractivity contribution in [2.45, 2.75) is 211 Å². The lowest BCUT2D eigenvalue weighted by Gasteiger charge is -2.40. The first-order chi connectivity index (χ1) is 25.7. The van der Waals surface area contributed by atoms with Crippen LogP contribution < -0.4 is 0 Å². The number of carboxylic acids is 1. The van der Waals surface area contributed by atoms with Crippen LogP contribution in [0.3, 0.4) is 0 Å². The van der Waals surface area contributed by atoms with Crippen LogP contribution in [0, 0.1) is 27.6 Å². The molecule has 55 heavy (non-hydrogen) atoms. The number of carbonyl (C=O) groups excluding carboxylic acids is 3. The van der Waals surface area contributed by atoms with E-state index in [1.807, 2.05) is 0 Å². The first-order valence-corrected chi connectivity index (χ1v) is 21.7. The van der Waals surface area contributed by atoms with Gasteiger partial charge in [-0.3, -0.25) is 19.2 Å². The monoisotopic (exact) mass is 777 g/mol. The zero-order valence-electron chi connectivity index (χ0n) is 37.3. The van der Waals surface area contributed by atoms with Crippen LogP contribution in [0.2, 0.25) is 0 Å². The summed E-state index contributed by atoms with van der Waals surface area (Å²) >= 11 is 0. The normalized spacial score (nSPS) is 13.5. The van der Waals surface area contributed by atoms with Crippen LogP contribution in [0.5, 0.6) is 0 Å². The van der Waals surface area contributed by atoms with E-state index in [9.17, 15) is 19.2 Å². The van der Waals surface area contributed by atoms with Crippen molar-refractivity contribution in [3.8, 4) is 0 Å². The van der Waals surface area contributed by atoms with Gasteiger partial charge in [-0.2, -0.15) is 0 Å². The van der Waals surface area contributed by atoms with E-state index in [0.29, 0.717) is 23.7 Å². The average Bonchev–Trinajstić information content (AvgIpc) is 3.10. The lowest BCUT2D eigenvalue weighted by atomic mass is 9.65. The molecule has 8 heteroatoms. The molecule has 0 aromatic rings. The molecule has 0 aromatic carbocycles. The molecule has 0 heterocycles. The number of allylic oxidation sites excluding steroid dienone is 4. The van der Waals surface area contributed by atoms with Crippen molar-refractivity contribution in [3.63, 3.8) is 0 Å². The van der Waals surface area contributed by atoms with E-state index >= 15 is 0 Å². The van der Waals surface area contributed by atoms with E-state index in [0.717, 1.165) is 89.9 Å². The third kappa shape index (κ3) is 24.6. The molecule has 1 atom stereocenters. The van der Waals surface area contributed by atoms with Gasteiger partial charge in [0, 0.05) is 25.7 Å². The van der Waals surface area contributed by atoms with E-state index in [2.05, 4.69) is 93.5 Å². The van der Waals surface area contributed by atoms with Gasteiger partial charge in [0.15, 0.2) is 6.10 Å². The molecule has 0 aromatic heterocycles. The lowest BCUT2D eigenvalue weighted by molar-refractivity contribution is -0.167. The minimum absolute atomic E-state index is 0.0969. The number of hydrogen-bond donors (Lipinski definition) is 1. The smallest absolute Gasteiger partial charge is 0.306 e. The number of rotatable bonds is 33. The number of aliphatic carboxylic acids is 1. The maximum absolute atomic E-state index is 12.5. The third-order valence-electron chi connectivity index (χ3n) is 12.7. The average molecular weight is 777 g/mol. The summed E-state index contributed by atoms with van der Waals surface area (Å²) in [5.74, 6) is -2.79. The van der Waals surface area contributed by atoms with Gasteiger partial charge >= 0.3 is 23.9 Å². The van der Waals surface area contributed by atoms with Gasteiger partial charge in [0.05, 0.1) is 0 Å². The summed E-state index contributed by atoms with van der Waals surface area (Å²) in [6.07, 6.45) is 25.1. The maximum atomic E-state index is 12.5. The summed E-state index contributed by atoms with van der Waals surface area (Å²) in [7, 11) is 0. The van der Waals surface area contributed by atoms with Crippen LogP contribution in [0.4, 0.5) is 0 Å². The largest absolute Gasteiger partial charge is 0.481 e. The van der Waals surface area contributed by atoms with Gasteiger partial charge < -0.3 is 19.3 Å². The fourth-order valence-corrected chi connectivity index (χ4v) is 6.15. The molecule has 0 aliphatic carbocycles. The van der Waals surface area contributed by atoms with Crippen molar-refractivity contribution in [1.82, 2.24) is 0 Å². The van der Waals surface area contributed by atoms with Crippen LogP contribution in [-0.4, -0.2) is 48.3 Å². The molecule has 8 nitrogen and oxygen atoms in total. The highest BCUT2D eigenvalue weighted by Gasteiger charge is 2.35. The SMILES string of the molecule is CCC(C)(C)C(C)(C)C/C=C\CCCCCCCC(=O)OCC(COC(=O)CCCCCCC/C=C\CC(C)(C)C(C)(C)CC)OC(=O)CC(C)CC(=O)O. The lowest BCUT2D eigenvalue weighted by Crippen LogP contribution is -2.31. The first kappa shape index (κ1) is 52.4. The Bertz CT molecular complexity index is 1080. The first-order valence-electron chi connectivity index (χ1n) is 21.7. The van der Waals surface area contributed by atoms with Crippen molar-refractivity contribution < 1.29 is 38.5 Å². The summed E-state index contributed by atoms with van der Waals surface area (Å²) in [4.78, 5) is 48.5. The molecule has 0 aliphatic rings. The van der Waals surface area contributed by atoms with Crippen molar-refractivity contribution in [2.75, 3.05) is 13.2 Å². The zero-order valence-corrected chi connectivity index (χ0v) is 37.3. The van der Waals surface area contributed by atoms with Crippen LogP contribution in [0.15, 0.2) is 24.3 Å². The van der Waals surface area contributed by atoms with E-state index < -0.39 is 24.0 Å². The predicted octanol–water partition coefficient (Wildman–Crippen LogP) is 12.8. The number of carboxylic acid groups (broad SMARTS) is 1. The number of ether oxygens (including phenoxy) is 3. The topological polar surface area (TPSA) is 116 Å². The summed E-state index contributed by atoms with van der Waals surface area (Å²) in [6.45, 7) is 24.5. The van der Waals surface area contributed by atoms with Crippen molar-refractivity contribution in [2.24, 2.45) is 27.6 Å². The molecule has 0 amide bonds. The fourth-order valence-electron chi connectivity index (χ4n) is 6.15. The Morgan fingerprint density at radius 3 is 1.29 bits per heavy atom. The van der Waals surface area contributed by atoms with Crippen LogP contribution in [0.1, 0.15) is 205 Å². The van der Waals surface area contributed by atoms with Crippen LogP contribution in [-0.2, 0) is 33.4 Å². The van der Waals surface area contributed by atoms with Crippen molar-refractivity contribution in [1.29, 1.82) is 0 Å². The standard InChI is InChI=1S/C47H84O8/c1-12-44(4,5)46(8,9)32-28-24-20-16-14-18-22-26-30-41(50)53-36-39(55-43(52)35-38(3)34-40(48)49)37-54-42(51)31-27-23-19-15-17-21-25-29-33-47(10,11)45(6,7)13-2/h24-25,28-29,38-39H,12-23,26-27,30-37H2,1-11H3,(H,48,49)/b28-24-,29-25-. The summed E-state index contributed by atoms with van der Waals surface area (Å²) in [6, 6.07) is 0. The maximum Gasteiger partial charge on any atom is 0.306 e. The van der Waals surface area contributed by atoms with Crippen LogP contribution in [0.25, 0.3) is 0 Å². The molecular formula is C47H84O8. The molecule has 0 fully saturated rings. The van der Waals surface area contributed by atoms with E-state index in [1.54, 1.807) is 6.92 Å². The Morgan fingerprint density at radius 2 is 0.909 bits per heavy atom. The second-order valence-corrected chi connectivity index (χ2v) is 18.6. The van der Waals surface area contributed by atoms with Gasteiger partial charge in [0.1, 0.15) is 13.2 Å². The van der Waals surface area contributed by atoms with Gasteiger partial charge in [-0.05, 0) is 78.9 Å². The molecule has 0 radical (unpaired) electrons.